The largest absolute Gasteiger partial charge is 0.370 e. The summed E-state index contributed by atoms with van der Waals surface area (Å²) in [6.07, 6.45) is 1.03. The zero-order chi connectivity index (χ0) is 15.2. The van der Waals surface area contributed by atoms with E-state index in [1.807, 2.05) is 31.3 Å². The first-order chi connectivity index (χ1) is 10.1. The van der Waals surface area contributed by atoms with Gasteiger partial charge in [-0.25, -0.2) is 0 Å². The van der Waals surface area contributed by atoms with Crippen LogP contribution in [0.1, 0.15) is 18.9 Å². The van der Waals surface area contributed by atoms with Crippen LogP contribution in [0.25, 0.3) is 0 Å². The standard InChI is InChI=1S/C15H20BrN5/c1-3-8-18-13-9-14(20-15(17)19-13)21(2)10-11-6-4-5-7-12(11)16/h4-7,9H,3,8,10H2,1-2H3,(H3,17,18,19,20). The Kier molecular flexibility index (Phi) is 5.38. The van der Waals surface area contributed by atoms with Crippen LogP contribution in [0.4, 0.5) is 17.6 Å². The van der Waals surface area contributed by atoms with Gasteiger partial charge in [-0.2, -0.15) is 9.97 Å². The van der Waals surface area contributed by atoms with Gasteiger partial charge in [0.15, 0.2) is 0 Å². The van der Waals surface area contributed by atoms with Crippen molar-refractivity contribution in [3.05, 3.63) is 40.4 Å². The zero-order valence-corrected chi connectivity index (χ0v) is 13.9. The molecule has 1 aromatic heterocycles. The van der Waals surface area contributed by atoms with E-state index in [1.165, 1.54) is 5.56 Å². The summed E-state index contributed by atoms with van der Waals surface area (Å²) in [7, 11) is 1.99. The molecule has 1 heterocycles. The van der Waals surface area contributed by atoms with Crippen LogP contribution >= 0.6 is 15.9 Å². The van der Waals surface area contributed by atoms with E-state index in [0.717, 1.165) is 35.6 Å². The molecule has 0 aliphatic carbocycles. The van der Waals surface area contributed by atoms with E-state index in [4.69, 9.17) is 5.73 Å². The molecule has 0 fully saturated rings. The number of anilines is 3. The van der Waals surface area contributed by atoms with E-state index in [0.29, 0.717) is 0 Å². The second-order valence-corrected chi connectivity index (χ2v) is 5.70. The third-order valence-electron chi connectivity index (χ3n) is 3.04. The molecule has 0 radical (unpaired) electrons. The van der Waals surface area contributed by atoms with Crippen LogP contribution in [0.15, 0.2) is 34.8 Å². The van der Waals surface area contributed by atoms with Crippen LogP contribution < -0.4 is 16.0 Å². The lowest BCUT2D eigenvalue weighted by Crippen LogP contribution is -2.19. The molecule has 6 heteroatoms. The van der Waals surface area contributed by atoms with E-state index in [-0.39, 0.29) is 5.95 Å². The monoisotopic (exact) mass is 349 g/mol. The van der Waals surface area contributed by atoms with Gasteiger partial charge in [-0.15, -0.1) is 0 Å². The summed E-state index contributed by atoms with van der Waals surface area (Å²) < 4.78 is 1.09. The molecule has 0 aliphatic heterocycles. The van der Waals surface area contributed by atoms with Gasteiger partial charge in [-0.3, -0.25) is 0 Å². The molecule has 1 aromatic carbocycles. The van der Waals surface area contributed by atoms with E-state index in [1.54, 1.807) is 0 Å². The van der Waals surface area contributed by atoms with Gasteiger partial charge in [-0.1, -0.05) is 41.1 Å². The minimum atomic E-state index is 0.282. The number of rotatable bonds is 6. The van der Waals surface area contributed by atoms with Crippen molar-refractivity contribution >= 4 is 33.5 Å². The Morgan fingerprint density at radius 2 is 2.05 bits per heavy atom. The summed E-state index contributed by atoms with van der Waals surface area (Å²) in [5, 5.41) is 3.24. The SMILES string of the molecule is CCCNc1cc(N(C)Cc2ccccc2Br)nc(N)n1. The van der Waals surface area contributed by atoms with Gasteiger partial charge >= 0.3 is 0 Å². The van der Waals surface area contributed by atoms with Crippen LogP contribution in [-0.4, -0.2) is 23.6 Å². The first kappa shape index (κ1) is 15.6. The second kappa shape index (κ2) is 7.26. The van der Waals surface area contributed by atoms with Crippen LogP contribution in [0, 0.1) is 0 Å². The highest BCUT2D eigenvalue weighted by molar-refractivity contribution is 9.10. The Bertz CT molecular complexity index is 602. The minimum absolute atomic E-state index is 0.282. The summed E-state index contributed by atoms with van der Waals surface area (Å²) in [5.74, 6) is 1.85. The molecule has 112 valence electrons. The molecule has 0 unspecified atom stereocenters. The number of hydrogen-bond acceptors (Lipinski definition) is 5. The van der Waals surface area contributed by atoms with Crippen molar-refractivity contribution in [3.8, 4) is 0 Å². The predicted octanol–water partition coefficient (Wildman–Crippen LogP) is 3.28. The lowest BCUT2D eigenvalue weighted by molar-refractivity contribution is 0.887. The third kappa shape index (κ3) is 4.32. The van der Waals surface area contributed by atoms with Gasteiger partial charge in [0.05, 0.1) is 0 Å². The Labute approximate surface area is 133 Å². The highest BCUT2D eigenvalue weighted by atomic mass is 79.9. The van der Waals surface area contributed by atoms with Gasteiger partial charge in [0.1, 0.15) is 11.6 Å². The van der Waals surface area contributed by atoms with Gasteiger partial charge in [-0.05, 0) is 18.1 Å². The molecule has 0 amide bonds. The fraction of sp³-hybridized carbons (Fsp3) is 0.333. The summed E-state index contributed by atoms with van der Waals surface area (Å²) in [5.41, 5.74) is 6.99. The van der Waals surface area contributed by atoms with Gasteiger partial charge in [0.25, 0.3) is 0 Å². The number of benzene rings is 1. The number of nitrogens with two attached hydrogens (primary N) is 1. The summed E-state index contributed by atoms with van der Waals surface area (Å²) in [6, 6.07) is 10.1. The highest BCUT2D eigenvalue weighted by Crippen LogP contribution is 2.21. The van der Waals surface area contributed by atoms with Crippen molar-refractivity contribution in [1.82, 2.24) is 9.97 Å². The number of aromatic nitrogens is 2. The number of nitrogen functional groups attached to an aromatic ring is 1. The fourth-order valence-corrected chi connectivity index (χ4v) is 2.37. The number of hydrogen-bond donors (Lipinski definition) is 2. The predicted molar refractivity (Wildman–Crippen MR) is 91.5 cm³/mol. The highest BCUT2D eigenvalue weighted by Gasteiger charge is 2.09. The van der Waals surface area contributed by atoms with Crippen LogP contribution in [0.3, 0.4) is 0 Å². The maximum absolute atomic E-state index is 5.79. The summed E-state index contributed by atoms with van der Waals surface area (Å²) in [4.78, 5) is 10.6. The normalized spacial score (nSPS) is 10.4. The van der Waals surface area contributed by atoms with Crippen molar-refractivity contribution in [2.24, 2.45) is 0 Å². The topological polar surface area (TPSA) is 67.1 Å². The maximum atomic E-state index is 5.79. The van der Waals surface area contributed by atoms with E-state index in [9.17, 15) is 0 Å². The average molecular weight is 350 g/mol. The zero-order valence-electron chi connectivity index (χ0n) is 12.3. The Hall–Kier alpha value is -1.82. The molecule has 0 saturated carbocycles. The fourth-order valence-electron chi connectivity index (χ4n) is 1.95. The first-order valence-electron chi connectivity index (χ1n) is 6.93. The van der Waals surface area contributed by atoms with Gasteiger partial charge in [0, 0.05) is 30.7 Å². The number of nitrogens with one attached hydrogen (secondary N) is 1. The van der Waals surface area contributed by atoms with Crippen LogP contribution in [-0.2, 0) is 6.54 Å². The van der Waals surface area contributed by atoms with Gasteiger partial charge in [0.2, 0.25) is 5.95 Å². The average Bonchev–Trinajstić information content (AvgIpc) is 2.47. The molecule has 21 heavy (non-hydrogen) atoms. The maximum Gasteiger partial charge on any atom is 0.223 e. The quantitative estimate of drug-likeness (QED) is 0.837. The van der Waals surface area contributed by atoms with Crippen molar-refractivity contribution < 1.29 is 0 Å². The second-order valence-electron chi connectivity index (χ2n) is 4.84. The molecular formula is C15H20BrN5. The van der Waals surface area contributed by atoms with Crippen molar-refractivity contribution in [1.29, 1.82) is 0 Å². The van der Waals surface area contributed by atoms with Crippen molar-refractivity contribution in [2.45, 2.75) is 19.9 Å². The van der Waals surface area contributed by atoms with Crippen molar-refractivity contribution in [3.63, 3.8) is 0 Å². The molecule has 0 spiro atoms. The minimum Gasteiger partial charge on any atom is -0.370 e. The molecule has 3 N–H and O–H groups in total. The van der Waals surface area contributed by atoms with E-state index < -0.39 is 0 Å². The third-order valence-corrected chi connectivity index (χ3v) is 3.82. The number of halogens is 1. The smallest absolute Gasteiger partial charge is 0.223 e. The summed E-state index contributed by atoms with van der Waals surface area (Å²) in [6.45, 7) is 3.71. The summed E-state index contributed by atoms with van der Waals surface area (Å²) >= 11 is 3.56. The van der Waals surface area contributed by atoms with E-state index in [2.05, 4.69) is 49.1 Å². The Morgan fingerprint density at radius 3 is 2.76 bits per heavy atom. The molecule has 5 nitrogen and oxygen atoms in total. The molecule has 0 bridgehead atoms. The van der Waals surface area contributed by atoms with Crippen LogP contribution in [0.2, 0.25) is 0 Å². The first-order valence-corrected chi connectivity index (χ1v) is 7.72. The Balaban J connectivity index is 2.16. The van der Waals surface area contributed by atoms with Crippen molar-refractivity contribution in [2.75, 3.05) is 29.5 Å². The Morgan fingerprint density at radius 1 is 1.29 bits per heavy atom. The molecule has 0 aliphatic rings. The van der Waals surface area contributed by atoms with Gasteiger partial charge < -0.3 is 16.0 Å². The molecule has 2 rings (SSSR count). The van der Waals surface area contributed by atoms with E-state index >= 15 is 0 Å². The molecule has 0 saturated heterocycles. The number of nitrogens with zero attached hydrogens (tertiary/aromatic N) is 3. The lowest BCUT2D eigenvalue weighted by Gasteiger charge is -2.20. The molecular weight excluding hydrogens is 330 g/mol. The molecule has 2 aromatic rings. The van der Waals surface area contributed by atoms with Crippen LogP contribution in [0.5, 0.6) is 0 Å². The lowest BCUT2D eigenvalue weighted by atomic mass is 10.2. The molecule has 0 atom stereocenters.